The molecule has 0 fully saturated rings. The van der Waals surface area contributed by atoms with E-state index in [1.807, 2.05) is 24.3 Å². The minimum absolute atomic E-state index is 0.0288. The molecule has 2 aromatic rings. The van der Waals surface area contributed by atoms with E-state index in [9.17, 15) is 18.0 Å². The summed E-state index contributed by atoms with van der Waals surface area (Å²) in [5, 5.41) is 8.85. The summed E-state index contributed by atoms with van der Waals surface area (Å²) < 4.78 is 41.4. The highest BCUT2D eigenvalue weighted by atomic mass is 19.4. The van der Waals surface area contributed by atoms with E-state index in [4.69, 9.17) is 9.84 Å². The van der Waals surface area contributed by atoms with Crippen LogP contribution in [-0.4, -0.2) is 23.9 Å². The molecular weight excluding hydrogens is 345 g/mol. The minimum Gasteiger partial charge on any atom is -0.494 e. The first-order chi connectivity index (χ1) is 12.3. The van der Waals surface area contributed by atoms with Crippen LogP contribution in [0.1, 0.15) is 34.3 Å². The molecule has 6 heteroatoms. The Labute approximate surface area is 149 Å². The summed E-state index contributed by atoms with van der Waals surface area (Å²) in [6.45, 7) is 0.0288. The molecule has 0 aliphatic rings. The standard InChI is InChI=1S/C20H19F3O3/c21-20(22,23)13-2-14-26-18-11-7-16(8-12-18)4-1-3-15-5-9-17(10-6-15)19(24)25/h1,4-12H,2-3,13-14H2,(H,24,25)/b4-1+. The van der Waals surface area contributed by atoms with Crippen LogP contribution in [0.5, 0.6) is 5.75 Å². The molecule has 3 nitrogen and oxygen atoms in total. The van der Waals surface area contributed by atoms with Crippen LogP contribution in [0.25, 0.3) is 6.08 Å². The third-order valence-electron chi connectivity index (χ3n) is 3.62. The molecule has 0 aromatic heterocycles. The van der Waals surface area contributed by atoms with E-state index < -0.39 is 18.6 Å². The Balaban J connectivity index is 1.79. The molecule has 0 bridgehead atoms. The monoisotopic (exact) mass is 364 g/mol. The third kappa shape index (κ3) is 7.01. The average Bonchev–Trinajstić information content (AvgIpc) is 2.59. The van der Waals surface area contributed by atoms with Gasteiger partial charge in [0.2, 0.25) is 0 Å². The number of allylic oxidation sites excluding steroid dienone is 1. The zero-order chi connectivity index (χ0) is 19.0. The fourth-order valence-corrected chi connectivity index (χ4v) is 2.25. The molecule has 0 unspecified atom stereocenters. The van der Waals surface area contributed by atoms with Gasteiger partial charge in [-0.15, -0.1) is 0 Å². The van der Waals surface area contributed by atoms with Crippen molar-refractivity contribution < 1.29 is 27.8 Å². The van der Waals surface area contributed by atoms with Gasteiger partial charge in [-0.2, -0.15) is 13.2 Å². The molecule has 2 aromatic carbocycles. The Kier molecular flexibility index (Phi) is 6.83. The average molecular weight is 364 g/mol. The van der Waals surface area contributed by atoms with Gasteiger partial charge < -0.3 is 9.84 Å². The maximum absolute atomic E-state index is 12.0. The van der Waals surface area contributed by atoms with Gasteiger partial charge in [0.05, 0.1) is 12.2 Å². The number of ether oxygens (including phenoxy) is 1. The van der Waals surface area contributed by atoms with Crippen molar-refractivity contribution in [2.75, 3.05) is 6.61 Å². The predicted octanol–water partition coefficient (Wildman–Crippen LogP) is 5.36. The molecule has 0 amide bonds. The van der Waals surface area contributed by atoms with E-state index in [-0.39, 0.29) is 18.6 Å². The van der Waals surface area contributed by atoms with E-state index in [1.54, 1.807) is 36.4 Å². The summed E-state index contributed by atoms with van der Waals surface area (Å²) >= 11 is 0. The number of hydrogen-bond donors (Lipinski definition) is 1. The summed E-state index contributed by atoms with van der Waals surface area (Å²) in [4.78, 5) is 10.8. The molecule has 1 N–H and O–H groups in total. The molecule has 0 heterocycles. The molecule has 0 aliphatic carbocycles. The topological polar surface area (TPSA) is 46.5 Å². The molecule has 26 heavy (non-hydrogen) atoms. The van der Waals surface area contributed by atoms with Gasteiger partial charge in [-0.1, -0.05) is 36.4 Å². The second-order valence-corrected chi connectivity index (χ2v) is 5.74. The number of alkyl halides is 3. The van der Waals surface area contributed by atoms with Crippen molar-refractivity contribution >= 4 is 12.0 Å². The Morgan fingerprint density at radius 1 is 1.04 bits per heavy atom. The number of rotatable bonds is 8. The lowest BCUT2D eigenvalue weighted by Gasteiger charge is -2.08. The Hall–Kier alpha value is -2.76. The van der Waals surface area contributed by atoms with Gasteiger partial charge in [0.25, 0.3) is 0 Å². The molecule has 0 saturated carbocycles. The first-order valence-corrected chi connectivity index (χ1v) is 8.12. The summed E-state index contributed by atoms with van der Waals surface area (Å²) in [7, 11) is 0. The van der Waals surface area contributed by atoms with E-state index in [0.29, 0.717) is 12.2 Å². The first-order valence-electron chi connectivity index (χ1n) is 8.12. The number of carboxylic acids is 1. The predicted molar refractivity (Wildman–Crippen MR) is 93.4 cm³/mol. The van der Waals surface area contributed by atoms with Crippen LogP contribution in [0.4, 0.5) is 13.2 Å². The number of aromatic carboxylic acids is 1. The van der Waals surface area contributed by atoms with Gasteiger partial charge >= 0.3 is 12.1 Å². The SMILES string of the molecule is O=C(O)c1ccc(C/C=C/c2ccc(OCCCC(F)(F)F)cc2)cc1. The van der Waals surface area contributed by atoms with Crippen molar-refractivity contribution in [3.05, 3.63) is 71.3 Å². The van der Waals surface area contributed by atoms with E-state index >= 15 is 0 Å². The summed E-state index contributed by atoms with van der Waals surface area (Å²) in [5.74, 6) is -0.415. The van der Waals surface area contributed by atoms with Gasteiger partial charge in [0.1, 0.15) is 5.75 Å². The van der Waals surface area contributed by atoms with Crippen LogP contribution in [0, 0.1) is 0 Å². The van der Waals surface area contributed by atoms with E-state index in [1.165, 1.54) is 0 Å². The van der Waals surface area contributed by atoms with Crippen molar-refractivity contribution in [3.8, 4) is 5.75 Å². The number of benzene rings is 2. The molecular formula is C20H19F3O3. The highest BCUT2D eigenvalue weighted by Gasteiger charge is 2.26. The van der Waals surface area contributed by atoms with Crippen LogP contribution in [0.3, 0.4) is 0 Å². The molecule has 0 aliphatic heterocycles. The first kappa shape index (κ1) is 19.6. The largest absolute Gasteiger partial charge is 0.494 e. The Morgan fingerprint density at radius 3 is 2.27 bits per heavy atom. The zero-order valence-electron chi connectivity index (χ0n) is 14.0. The lowest BCUT2D eigenvalue weighted by atomic mass is 10.1. The minimum atomic E-state index is -4.15. The van der Waals surface area contributed by atoms with Crippen LogP contribution in [0.2, 0.25) is 0 Å². The quantitative estimate of drug-likeness (QED) is 0.641. The number of carboxylic acid groups (broad SMARTS) is 1. The lowest BCUT2D eigenvalue weighted by Crippen LogP contribution is -2.09. The molecule has 0 spiro atoms. The number of hydrogen-bond acceptors (Lipinski definition) is 2. The molecule has 0 radical (unpaired) electrons. The summed E-state index contributed by atoms with van der Waals surface area (Å²) in [5.41, 5.74) is 2.19. The van der Waals surface area contributed by atoms with Gasteiger partial charge in [0, 0.05) is 6.42 Å². The molecule has 2 rings (SSSR count). The molecule has 0 saturated heterocycles. The third-order valence-corrected chi connectivity index (χ3v) is 3.62. The molecule has 0 atom stereocenters. The van der Waals surface area contributed by atoms with Gasteiger partial charge in [0.15, 0.2) is 0 Å². The Bertz CT molecular complexity index is 732. The number of carbonyl (C=O) groups is 1. The highest BCUT2D eigenvalue weighted by molar-refractivity contribution is 5.87. The van der Waals surface area contributed by atoms with Gasteiger partial charge in [-0.3, -0.25) is 0 Å². The van der Waals surface area contributed by atoms with Crippen molar-refractivity contribution in [3.63, 3.8) is 0 Å². The summed E-state index contributed by atoms with van der Waals surface area (Å²) in [6.07, 6.45) is -0.526. The van der Waals surface area contributed by atoms with E-state index in [2.05, 4.69) is 0 Å². The van der Waals surface area contributed by atoms with Gasteiger partial charge in [-0.25, -0.2) is 4.79 Å². The zero-order valence-corrected chi connectivity index (χ0v) is 14.0. The van der Waals surface area contributed by atoms with E-state index in [0.717, 1.165) is 11.1 Å². The van der Waals surface area contributed by atoms with Crippen molar-refractivity contribution in [1.82, 2.24) is 0 Å². The number of halogens is 3. The van der Waals surface area contributed by atoms with Crippen molar-refractivity contribution in [2.45, 2.75) is 25.4 Å². The Morgan fingerprint density at radius 2 is 1.69 bits per heavy atom. The second kappa shape index (κ2) is 9.08. The maximum atomic E-state index is 12.0. The smallest absolute Gasteiger partial charge is 0.389 e. The molecule has 138 valence electrons. The van der Waals surface area contributed by atoms with Crippen LogP contribution < -0.4 is 4.74 Å². The lowest BCUT2D eigenvalue weighted by molar-refractivity contribution is -0.136. The summed E-state index contributed by atoms with van der Waals surface area (Å²) in [6, 6.07) is 13.8. The van der Waals surface area contributed by atoms with Crippen LogP contribution in [0.15, 0.2) is 54.6 Å². The highest BCUT2D eigenvalue weighted by Crippen LogP contribution is 2.21. The fraction of sp³-hybridized carbons (Fsp3) is 0.250. The van der Waals surface area contributed by atoms with Crippen LogP contribution >= 0.6 is 0 Å². The van der Waals surface area contributed by atoms with Crippen molar-refractivity contribution in [1.29, 1.82) is 0 Å². The normalized spacial score (nSPS) is 11.7. The maximum Gasteiger partial charge on any atom is 0.389 e. The van der Waals surface area contributed by atoms with Gasteiger partial charge in [-0.05, 0) is 48.2 Å². The fourth-order valence-electron chi connectivity index (χ4n) is 2.25. The van der Waals surface area contributed by atoms with Crippen molar-refractivity contribution in [2.24, 2.45) is 0 Å². The van der Waals surface area contributed by atoms with Crippen LogP contribution in [-0.2, 0) is 6.42 Å². The second-order valence-electron chi connectivity index (χ2n) is 5.74.